The fourth-order valence-electron chi connectivity index (χ4n) is 3.16. The number of aromatic nitrogens is 1. The molecule has 142 valence electrons. The summed E-state index contributed by atoms with van der Waals surface area (Å²) in [4.78, 5) is 12.5. The molecule has 26 heavy (non-hydrogen) atoms. The van der Waals surface area contributed by atoms with Crippen LogP contribution >= 0.6 is 0 Å². The first kappa shape index (κ1) is 20.4. The Morgan fingerprint density at radius 1 is 1.12 bits per heavy atom. The average molecular weight is 357 g/mol. The van der Waals surface area contributed by atoms with E-state index in [0.29, 0.717) is 6.42 Å². The lowest BCUT2D eigenvalue weighted by molar-refractivity contribution is 0.0971. The maximum absolute atomic E-state index is 12.5. The second-order valence-corrected chi connectivity index (χ2v) is 7.35. The summed E-state index contributed by atoms with van der Waals surface area (Å²) < 4.78 is 2.01. The van der Waals surface area contributed by atoms with E-state index in [9.17, 15) is 9.90 Å². The van der Waals surface area contributed by atoms with Crippen molar-refractivity contribution in [3.63, 3.8) is 0 Å². The third kappa shape index (κ3) is 5.55. The third-order valence-corrected chi connectivity index (χ3v) is 5.36. The molecule has 1 aromatic carbocycles. The fourth-order valence-corrected chi connectivity index (χ4v) is 3.16. The summed E-state index contributed by atoms with van der Waals surface area (Å²) in [6.45, 7) is 2.11. The van der Waals surface area contributed by atoms with Crippen molar-refractivity contribution in [2.24, 2.45) is 7.05 Å². The highest BCUT2D eigenvalue weighted by Gasteiger charge is 2.21. The van der Waals surface area contributed by atoms with E-state index in [0.717, 1.165) is 43.5 Å². The largest absolute Gasteiger partial charge is 0.394 e. The molecule has 0 unspecified atom stereocenters. The molecule has 4 nitrogen and oxygen atoms in total. The van der Waals surface area contributed by atoms with Gasteiger partial charge >= 0.3 is 0 Å². The number of carbonyl (C=O) groups is 1. The quantitative estimate of drug-likeness (QED) is 0.478. The predicted molar refractivity (Wildman–Crippen MR) is 107 cm³/mol. The molecule has 4 heteroatoms. The molecule has 0 aliphatic carbocycles. The van der Waals surface area contributed by atoms with Gasteiger partial charge in [-0.1, -0.05) is 30.3 Å². The van der Waals surface area contributed by atoms with Gasteiger partial charge in [0.05, 0.1) is 12.3 Å². The lowest BCUT2D eigenvalue weighted by Gasteiger charge is -2.26. The number of aryl methyl sites for hydroxylation is 2. The maximum atomic E-state index is 12.5. The second kappa shape index (κ2) is 9.70. The van der Waals surface area contributed by atoms with Gasteiger partial charge in [0.25, 0.3) is 0 Å². The molecular weight excluding hydrogens is 324 g/mol. The third-order valence-electron chi connectivity index (χ3n) is 5.36. The Morgan fingerprint density at radius 3 is 2.50 bits per heavy atom. The maximum Gasteiger partial charge on any atom is 0.179 e. The standard InChI is InChI=1S/C22H32N2O2/c1-22(17-25,23-2)16-15-19-13-14-20(24(19)3)21(26)12-8-7-11-18-9-5-4-6-10-18/h4-6,9-10,13-14,23,25H,7-8,11-12,15-17H2,1-3H3/t22-/m1/s1. The minimum absolute atomic E-state index is 0.0983. The lowest BCUT2D eigenvalue weighted by Crippen LogP contribution is -2.43. The molecule has 2 aromatic rings. The summed E-state index contributed by atoms with van der Waals surface area (Å²) in [5.74, 6) is 0.213. The number of unbranched alkanes of at least 4 members (excludes halogenated alkanes) is 1. The summed E-state index contributed by atoms with van der Waals surface area (Å²) in [5, 5.41) is 12.7. The molecule has 0 radical (unpaired) electrons. The van der Waals surface area contributed by atoms with E-state index in [-0.39, 0.29) is 17.9 Å². The van der Waals surface area contributed by atoms with Crippen LogP contribution in [0.3, 0.4) is 0 Å². The van der Waals surface area contributed by atoms with Gasteiger partial charge in [-0.2, -0.15) is 0 Å². The predicted octanol–water partition coefficient (Wildman–Crippen LogP) is 3.52. The van der Waals surface area contributed by atoms with E-state index in [1.54, 1.807) is 0 Å². The molecule has 1 heterocycles. The minimum atomic E-state index is -0.286. The van der Waals surface area contributed by atoms with Gasteiger partial charge in [0.2, 0.25) is 0 Å². The summed E-state index contributed by atoms with van der Waals surface area (Å²) in [6.07, 6.45) is 5.21. The molecule has 2 rings (SSSR count). The number of benzene rings is 1. The Hall–Kier alpha value is -1.91. The van der Waals surface area contributed by atoms with E-state index in [1.165, 1.54) is 5.56 Å². The number of ketones is 1. The Bertz CT molecular complexity index is 687. The Balaban J connectivity index is 1.83. The number of hydrogen-bond donors (Lipinski definition) is 2. The molecule has 1 aromatic heterocycles. The SMILES string of the molecule is CN[C@@](C)(CO)CCc1ccc(C(=O)CCCCc2ccccc2)n1C. The van der Waals surface area contributed by atoms with Crippen molar-refractivity contribution < 1.29 is 9.90 Å². The van der Waals surface area contributed by atoms with Crippen LogP contribution in [0.5, 0.6) is 0 Å². The second-order valence-electron chi connectivity index (χ2n) is 7.35. The molecule has 0 saturated carbocycles. The summed E-state index contributed by atoms with van der Waals surface area (Å²) >= 11 is 0. The van der Waals surface area contributed by atoms with E-state index in [2.05, 4.69) is 29.6 Å². The normalized spacial score (nSPS) is 13.5. The molecule has 0 fully saturated rings. The molecule has 0 aliphatic rings. The van der Waals surface area contributed by atoms with Gasteiger partial charge in [-0.25, -0.2) is 0 Å². The van der Waals surface area contributed by atoms with Crippen molar-refractivity contribution in [3.05, 3.63) is 59.4 Å². The van der Waals surface area contributed by atoms with Crippen LogP contribution < -0.4 is 5.32 Å². The molecule has 0 aliphatic heterocycles. The highest BCUT2D eigenvalue weighted by molar-refractivity contribution is 5.94. The summed E-state index contributed by atoms with van der Waals surface area (Å²) in [6, 6.07) is 14.4. The fraction of sp³-hybridized carbons (Fsp3) is 0.500. The van der Waals surface area contributed by atoms with Crippen LogP contribution in [0, 0.1) is 0 Å². The summed E-state index contributed by atoms with van der Waals surface area (Å²) in [5.41, 5.74) is 2.96. The van der Waals surface area contributed by atoms with E-state index in [1.807, 2.05) is 43.8 Å². The monoisotopic (exact) mass is 356 g/mol. The Labute approximate surface area is 157 Å². The summed E-state index contributed by atoms with van der Waals surface area (Å²) in [7, 11) is 3.83. The first-order chi connectivity index (χ1) is 12.5. The molecule has 0 bridgehead atoms. The molecular formula is C22H32N2O2. The van der Waals surface area contributed by atoms with Gasteiger partial charge in [0.15, 0.2) is 5.78 Å². The van der Waals surface area contributed by atoms with Gasteiger partial charge < -0.3 is 15.0 Å². The van der Waals surface area contributed by atoms with Crippen molar-refractivity contribution in [2.45, 2.75) is 51.0 Å². The number of hydrogen-bond acceptors (Lipinski definition) is 3. The lowest BCUT2D eigenvalue weighted by atomic mass is 9.96. The number of nitrogens with one attached hydrogen (secondary N) is 1. The first-order valence-electron chi connectivity index (χ1n) is 9.50. The van der Waals surface area contributed by atoms with Gasteiger partial charge in [0.1, 0.15) is 0 Å². The van der Waals surface area contributed by atoms with Gasteiger partial charge in [0, 0.05) is 24.7 Å². The smallest absolute Gasteiger partial charge is 0.179 e. The van der Waals surface area contributed by atoms with E-state index < -0.39 is 0 Å². The van der Waals surface area contributed by atoms with Crippen molar-refractivity contribution in [1.82, 2.24) is 9.88 Å². The van der Waals surface area contributed by atoms with Gasteiger partial charge in [-0.05, 0) is 63.8 Å². The van der Waals surface area contributed by atoms with E-state index in [4.69, 9.17) is 0 Å². The van der Waals surface area contributed by atoms with Crippen LogP contribution in [0.15, 0.2) is 42.5 Å². The van der Waals surface area contributed by atoms with E-state index >= 15 is 0 Å². The number of Topliss-reactive ketones (excluding diaryl/α,β-unsaturated/α-hetero) is 1. The molecule has 0 spiro atoms. The van der Waals surface area contributed by atoms with Gasteiger partial charge in [-0.15, -0.1) is 0 Å². The number of aliphatic hydroxyl groups excluding tert-OH is 1. The van der Waals surface area contributed by atoms with Crippen LogP contribution in [-0.2, 0) is 19.9 Å². The van der Waals surface area contributed by atoms with Crippen LogP contribution in [-0.4, -0.2) is 34.7 Å². The Kier molecular flexibility index (Phi) is 7.61. The number of carbonyl (C=O) groups excluding carboxylic acids is 1. The molecule has 0 amide bonds. The van der Waals surface area contributed by atoms with Crippen molar-refractivity contribution in [2.75, 3.05) is 13.7 Å². The number of aliphatic hydroxyl groups is 1. The highest BCUT2D eigenvalue weighted by Crippen LogP contribution is 2.17. The zero-order valence-corrected chi connectivity index (χ0v) is 16.3. The Morgan fingerprint density at radius 2 is 1.85 bits per heavy atom. The zero-order chi connectivity index (χ0) is 19.0. The highest BCUT2D eigenvalue weighted by atomic mass is 16.3. The van der Waals surface area contributed by atoms with Crippen molar-refractivity contribution in [1.29, 1.82) is 0 Å². The molecule has 2 N–H and O–H groups in total. The van der Waals surface area contributed by atoms with Crippen LogP contribution in [0.2, 0.25) is 0 Å². The molecule has 1 atom stereocenters. The number of rotatable bonds is 11. The number of nitrogens with zero attached hydrogens (tertiary/aromatic N) is 1. The average Bonchev–Trinajstić information content (AvgIpc) is 3.04. The first-order valence-corrected chi connectivity index (χ1v) is 9.50. The van der Waals surface area contributed by atoms with Crippen molar-refractivity contribution in [3.8, 4) is 0 Å². The van der Waals surface area contributed by atoms with Crippen LogP contribution in [0.4, 0.5) is 0 Å². The molecule has 0 saturated heterocycles. The van der Waals surface area contributed by atoms with Crippen LogP contribution in [0.1, 0.15) is 54.4 Å². The van der Waals surface area contributed by atoms with Crippen molar-refractivity contribution >= 4 is 5.78 Å². The minimum Gasteiger partial charge on any atom is -0.394 e. The topological polar surface area (TPSA) is 54.3 Å². The number of likely N-dealkylation sites (N-methyl/N-ethyl adjacent to an activating group) is 1. The zero-order valence-electron chi connectivity index (χ0n) is 16.3. The van der Waals surface area contributed by atoms with Gasteiger partial charge in [-0.3, -0.25) is 4.79 Å². The van der Waals surface area contributed by atoms with Crippen LogP contribution in [0.25, 0.3) is 0 Å².